The molecule has 4 rings (SSSR count). The lowest BCUT2D eigenvalue weighted by atomic mass is 9.91. The molecule has 2 atom stereocenters. The highest BCUT2D eigenvalue weighted by Gasteiger charge is 2.22. The van der Waals surface area contributed by atoms with Crippen molar-refractivity contribution in [3.63, 3.8) is 0 Å². The highest BCUT2D eigenvalue weighted by Crippen LogP contribution is 2.27. The number of aromatic nitrogens is 3. The molecule has 0 bridgehead atoms. The fourth-order valence-electron chi connectivity index (χ4n) is 3.63. The summed E-state index contributed by atoms with van der Waals surface area (Å²) < 4.78 is 0. The van der Waals surface area contributed by atoms with Gasteiger partial charge in [0, 0.05) is 48.2 Å². The number of nitrogens with one attached hydrogen (secondary N) is 2. The molecule has 0 aromatic carbocycles. The molecule has 2 aromatic heterocycles. The number of pyridine rings is 1. The Morgan fingerprint density at radius 3 is 2.92 bits per heavy atom. The summed E-state index contributed by atoms with van der Waals surface area (Å²) in [5.74, 6) is 0.673. The maximum absolute atomic E-state index is 6.24. The van der Waals surface area contributed by atoms with E-state index in [2.05, 4.69) is 26.7 Å². The third-order valence-corrected chi connectivity index (χ3v) is 5.03. The molecule has 3 heterocycles. The molecule has 2 aliphatic rings. The summed E-state index contributed by atoms with van der Waals surface area (Å²) in [6, 6.07) is 0.446. The van der Waals surface area contributed by atoms with Gasteiger partial charge in [-0.2, -0.15) is 0 Å². The molecule has 0 spiro atoms. The van der Waals surface area contributed by atoms with Crippen LogP contribution >= 0.6 is 0 Å². The van der Waals surface area contributed by atoms with E-state index in [0.717, 1.165) is 48.8 Å². The van der Waals surface area contributed by atoms with Gasteiger partial charge in [0.25, 0.3) is 0 Å². The smallest absolute Gasteiger partial charge is 0.223 e. The third kappa shape index (κ3) is 3.12. The number of hydrogen-bond acceptors (Lipinski definition) is 6. The van der Waals surface area contributed by atoms with Crippen LogP contribution in [0.3, 0.4) is 0 Å². The van der Waals surface area contributed by atoms with Crippen LogP contribution in [0.25, 0.3) is 16.5 Å². The Hall–Kier alpha value is -2.05. The maximum Gasteiger partial charge on any atom is 0.223 e. The molecular weight excluding hydrogens is 300 g/mol. The van der Waals surface area contributed by atoms with Crippen LogP contribution in [0.2, 0.25) is 0 Å². The molecule has 0 saturated heterocycles. The van der Waals surface area contributed by atoms with Crippen molar-refractivity contribution < 1.29 is 0 Å². The Kier molecular flexibility index (Phi) is 4.40. The van der Waals surface area contributed by atoms with Crippen LogP contribution in [0.5, 0.6) is 0 Å². The number of rotatable bonds is 3. The van der Waals surface area contributed by atoms with Gasteiger partial charge in [-0.3, -0.25) is 4.98 Å². The van der Waals surface area contributed by atoms with Crippen LogP contribution in [-0.4, -0.2) is 40.1 Å². The Bertz CT molecular complexity index is 756. The van der Waals surface area contributed by atoms with Crippen LogP contribution in [0.15, 0.2) is 24.7 Å². The van der Waals surface area contributed by atoms with Crippen molar-refractivity contribution >= 4 is 22.4 Å². The van der Waals surface area contributed by atoms with Crippen LogP contribution in [0.4, 0.5) is 5.95 Å². The minimum atomic E-state index is 0.182. The largest absolute Gasteiger partial charge is 0.350 e. The zero-order valence-electron chi connectivity index (χ0n) is 13.8. The number of nitrogens with zero attached hydrogens (tertiary/aromatic N) is 3. The van der Waals surface area contributed by atoms with Crippen molar-refractivity contribution in [3.8, 4) is 0 Å². The first-order chi connectivity index (χ1) is 11.8. The molecule has 1 saturated carbocycles. The van der Waals surface area contributed by atoms with Crippen LogP contribution in [0.1, 0.15) is 37.7 Å². The van der Waals surface area contributed by atoms with E-state index in [1.54, 1.807) is 0 Å². The predicted molar refractivity (Wildman–Crippen MR) is 96.7 cm³/mol. The van der Waals surface area contributed by atoms with Crippen LogP contribution in [0, 0.1) is 0 Å². The minimum Gasteiger partial charge on any atom is -0.350 e. The molecule has 4 N–H and O–H groups in total. The van der Waals surface area contributed by atoms with Gasteiger partial charge < -0.3 is 16.4 Å². The van der Waals surface area contributed by atoms with Gasteiger partial charge >= 0.3 is 0 Å². The van der Waals surface area contributed by atoms with Gasteiger partial charge in [0.1, 0.15) is 0 Å². The zero-order valence-corrected chi connectivity index (χ0v) is 13.8. The van der Waals surface area contributed by atoms with Gasteiger partial charge in [-0.15, -0.1) is 0 Å². The summed E-state index contributed by atoms with van der Waals surface area (Å²) in [4.78, 5) is 13.6. The van der Waals surface area contributed by atoms with Crippen molar-refractivity contribution in [2.75, 3.05) is 18.4 Å². The first kappa shape index (κ1) is 15.5. The number of fused-ring (bicyclic) bond motifs is 1. The third-order valence-electron chi connectivity index (χ3n) is 5.03. The quantitative estimate of drug-likeness (QED) is 0.801. The highest BCUT2D eigenvalue weighted by molar-refractivity contribution is 5.90. The lowest BCUT2D eigenvalue weighted by Crippen LogP contribution is -2.42. The second-order valence-electron chi connectivity index (χ2n) is 6.70. The summed E-state index contributed by atoms with van der Waals surface area (Å²) >= 11 is 0. The summed E-state index contributed by atoms with van der Waals surface area (Å²) in [6.07, 6.45) is 13.4. The van der Waals surface area contributed by atoms with Crippen molar-refractivity contribution in [2.45, 2.75) is 44.2 Å². The van der Waals surface area contributed by atoms with Gasteiger partial charge in [-0.25, -0.2) is 9.97 Å². The van der Waals surface area contributed by atoms with E-state index in [9.17, 15) is 0 Å². The standard InChI is InChI=1S/C18H24N6/c19-15-3-1-2-4-16(15)23-18-22-10-13-9-21-11-14(17(13)24-18)12-5-7-20-8-6-12/h5,9-11,15-16,20H,1-4,6-8,19H2,(H,22,23,24)/t15-,16+/m0/s1. The highest BCUT2D eigenvalue weighted by atomic mass is 15.1. The molecule has 1 aliphatic heterocycles. The first-order valence-corrected chi connectivity index (χ1v) is 8.84. The molecule has 6 heteroatoms. The van der Waals surface area contributed by atoms with Crippen LogP contribution in [-0.2, 0) is 0 Å². The fraction of sp³-hybridized carbons (Fsp3) is 0.500. The lowest BCUT2D eigenvalue weighted by molar-refractivity contribution is 0.402. The van der Waals surface area contributed by atoms with Gasteiger partial charge in [0.2, 0.25) is 5.95 Å². The monoisotopic (exact) mass is 324 g/mol. The first-order valence-electron chi connectivity index (χ1n) is 8.84. The molecular formula is C18H24N6. The van der Waals surface area contributed by atoms with E-state index in [1.807, 2.05) is 18.6 Å². The van der Waals surface area contributed by atoms with E-state index >= 15 is 0 Å². The molecule has 126 valence electrons. The number of anilines is 1. The zero-order chi connectivity index (χ0) is 16.4. The van der Waals surface area contributed by atoms with Gasteiger partial charge in [-0.1, -0.05) is 18.9 Å². The normalized spacial score (nSPS) is 24.6. The Morgan fingerprint density at radius 1 is 1.17 bits per heavy atom. The van der Waals surface area contributed by atoms with Crippen molar-refractivity contribution in [1.29, 1.82) is 0 Å². The van der Waals surface area contributed by atoms with E-state index in [0.29, 0.717) is 5.95 Å². The Balaban J connectivity index is 1.67. The van der Waals surface area contributed by atoms with Gasteiger partial charge in [0.15, 0.2) is 0 Å². The van der Waals surface area contributed by atoms with Crippen molar-refractivity contribution in [1.82, 2.24) is 20.3 Å². The summed E-state index contributed by atoms with van der Waals surface area (Å²) in [5, 5.41) is 7.78. The summed E-state index contributed by atoms with van der Waals surface area (Å²) in [7, 11) is 0. The van der Waals surface area contributed by atoms with Gasteiger partial charge in [0.05, 0.1) is 5.52 Å². The SMILES string of the molecule is N[C@H]1CCCC[C@H]1Nc1ncc2cncc(C3=CCNCC3)c2n1. The van der Waals surface area contributed by atoms with Crippen molar-refractivity contribution in [3.05, 3.63) is 30.2 Å². The average Bonchev–Trinajstić information content (AvgIpc) is 2.64. The van der Waals surface area contributed by atoms with Crippen LogP contribution < -0.4 is 16.4 Å². The minimum absolute atomic E-state index is 0.182. The molecule has 0 unspecified atom stereocenters. The second kappa shape index (κ2) is 6.83. The van der Waals surface area contributed by atoms with E-state index in [4.69, 9.17) is 10.7 Å². The number of hydrogen-bond donors (Lipinski definition) is 3. The summed E-state index contributed by atoms with van der Waals surface area (Å²) in [5.41, 5.74) is 9.64. The summed E-state index contributed by atoms with van der Waals surface area (Å²) in [6.45, 7) is 1.90. The van der Waals surface area contributed by atoms with Crippen molar-refractivity contribution in [2.24, 2.45) is 5.73 Å². The Labute approximate surface area is 142 Å². The fourth-order valence-corrected chi connectivity index (χ4v) is 3.63. The maximum atomic E-state index is 6.24. The molecule has 0 amide bonds. The van der Waals surface area contributed by atoms with E-state index < -0.39 is 0 Å². The lowest BCUT2D eigenvalue weighted by Gasteiger charge is -2.29. The molecule has 2 aromatic rings. The van der Waals surface area contributed by atoms with E-state index in [1.165, 1.54) is 18.4 Å². The predicted octanol–water partition coefficient (Wildman–Crippen LogP) is 2.08. The second-order valence-corrected chi connectivity index (χ2v) is 6.70. The molecule has 1 fully saturated rings. The molecule has 0 radical (unpaired) electrons. The topological polar surface area (TPSA) is 88.8 Å². The number of nitrogens with two attached hydrogens (primary N) is 1. The molecule has 6 nitrogen and oxygen atoms in total. The Morgan fingerprint density at radius 2 is 2.08 bits per heavy atom. The molecule has 24 heavy (non-hydrogen) atoms. The average molecular weight is 324 g/mol. The van der Waals surface area contributed by atoms with E-state index in [-0.39, 0.29) is 12.1 Å². The van der Waals surface area contributed by atoms with Gasteiger partial charge in [-0.05, 0) is 31.4 Å². The molecule has 1 aliphatic carbocycles.